The second-order valence-electron chi connectivity index (χ2n) is 4.39. The topological polar surface area (TPSA) is 64.1 Å². The number of hydrogen-bond acceptors (Lipinski definition) is 3. The van der Waals surface area contributed by atoms with Gasteiger partial charge in [0, 0.05) is 18.6 Å². The maximum absolute atomic E-state index is 12.0. The second kappa shape index (κ2) is 3.98. The number of rotatable bonds is 1. The molecule has 0 aliphatic heterocycles. The number of hydrogen-bond donors (Lipinski definition) is 1. The number of aromatic amines is 1. The fourth-order valence-electron chi connectivity index (χ4n) is 2.34. The number of pyridine rings is 1. The van der Waals surface area contributed by atoms with E-state index < -0.39 is 5.97 Å². The standard InChI is InChI=1S/C14H12N2O3/c1-16-6-5-10-12(16)9-4-3-8(14(18)19-2)7-11(9)15-13(10)17/h3-7H,1-2H3,(H,15,17). The molecule has 2 heterocycles. The molecule has 3 aromatic rings. The van der Waals surface area contributed by atoms with E-state index in [1.54, 1.807) is 18.2 Å². The Morgan fingerprint density at radius 3 is 2.79 bits per heavy atom. The fourth-order valence-corrected chi connectivity index (χ4v) is 2.34. The van der Waals surface area contributed by atoms with Crippen molar-refractivity contribution in [1.82, 2.24) is 9.55 Å². The van der Waals surface area contributed by atoms with Crippen LogP contribution in [0.15, 0.2) is 35.3 Å². The number of H-pyrrole nitrogens is 1. The Hall–Kier alpha value is -2.56. The highest BCUT2D eigenvalue weighted by Gasteiger charge is 2.11. The average molecular weight is 256 g/mol. The zero-order chi connectivity index (χ0) is 13.6. The maximum atomic E-state index is 12.0. The van der Waals surface area contributed by atoms with Gasteiger partial charge in [-0.1, -0.05) is 0 Å². The zero-order valence-corrected chi connectivity index (χ0v) is 10.6. The van der Waals surface area contributed by atoms with Gasteiger partial charge in [-0.05, 0) is 24.3 Å². The SMILES string of the molecule is COC(=O)c1ccc2c(c1)[nH]c(=O)c1ccn(C)c12. The molecule has 0 aliphatic rings. The smallest absolute Gasteiger partial charge is 0.337 e. The van der Waals surface area contributed by atoms with Gasteiger partial charge < -0.3 is 14.3 Å². The van der Waals surface area contributed by atoms with Crippen LogP contribution in [0.5, 0.6) is 0 Å². The van der Waals surface area contributed by atoms with E-state index in [2.05, 4.69) is 9.72 Å². The lowest BCUT2D eigenvalue weighted by molar-refractivity contribution is 0.0601. The van der Waals surface area contributed by atoms with E-state index in [9.17, 15) is 9.59 Å². The minimum atomic E-state index is -0.422. The number of nitrogens with zero attached hydrogens (tertiary/aromatic N) is 1. The third-order valence-corrected chi connectivity index (χ3v) is 3.26. The van der Waals surface area contributed by atoms with Gasteiger partial charge in [0.25, 0.3) is 5.56 Å². The van der Waals surface area contributed by atoms with Gasteiger partial charge >= 0.3 is 5.97 Å². The highest BCUT2D eigenvalue weighted by Crippen LogP contribution is 2.22. The van der Waals surface area contributed by atoms with Gasteiger partial charge in [0.15, 0.2) is 0 Å². The number of carbonyl (C=O) groups is 1. The molecule has 5 heteroatoms. The van der Waals surface area contributed by atoms with Crippen molar-refractivity contribution in [3.05, 3.63) is 46.4 Å². The lowest BCUT2D eigenvalue weighted by atomic mass is 10.1. The van der Waals surface area contributed by atoms with E-state index >= 15 is 0 Å². The number of aryl methyl sites for hydroxylation is 1. The van der Waals surface area contributed by atoms with E-state index in [-0.39, 0.29) is 5.56 Å². The third kappa shape index (κ3) is 1.62. The molecule has 0 saturated heterocycles. The minimum absolute atomic E-state index is 0.162. The molecule has 0 spiro atoms. The van der Waals surface area contributed by atoms with E-state index in [1.165, 1.54) is 7.11 Å². The van der Waals surface area contributed by atoms with Gasteiger partial charge in [-0.3, -0.25) is 4.79 Å². The van der Waals surface area contributed by atoms with Crippen LogP contribution in [-0.4, -0.2) is 22.6 Å². The number of benzene rings is 1. The van der Waals surface area contributed by atoms with Crippen molar-refractivity contribution < 1.29 is 9.53 Å². The predicted molar refractivity (Wildman–Crippen MR) is 72.4 cm³/mol. The highest BCUT2D eigenvalue weighted by molar-refractivity contribution is 6.05. The van der Waals surface area contributed by atoms with Gasteiger partial charge in [-0.25, -0.2) is 4.79 Å². The first kappa shape index (κ1) is 11.5. The van der Waals surface area contributed by atoms with Crippen LogP contribution < -0.4 is 5.56 Å². The molecule has 0 radical (unpaired) electrons. The summed E-state index contributed by atoms with van der Waals surface area (Å²) in [7, 11) is 3.21. The Labute approximate surface area is 108 Å². The number of methoxy groups -OCH3 is 1. The first-order valence-electron chi connectivity index (χ1n) is 5.81. The molecule has 0 aliphatic carbocycles. The average Bonchev–Trinajstić information content (AvgIpc) is 2.80. The van der Waals surface area contributed by atoms with Crippen LogP contribution in [0.4, 0.5) is 0 Å². The van der Waals surface area contributed by atoms with Crippen molar-refractivity contribution in [2.45, 2.75) is 0 Å². The Kier molecular flexibility index (Phi) is 2.41. The molecule has 19 heavy (non-hydrogen) atoms. The molecule has 0 fully saturated rings. The molecule has 3 rings (SSSR count). The predicted octanol–water partition coefficient (Wildman–Crippen LogP) is 1.81. The number of ether oxygens (including phenoxy) is 1. The van der Waals surface area contributed by atoms with Crippen LogP contribution in [0.2, 0.25) is 0 Å². The van der Waals surface area contributed by atoms with Crippen LogP contribution in [0, 0.1) is 0 Å². The Bertz CT molecular complexity index is 858. The molecule has 0 unspecified atom stereocenters. The Morgan fingerprint density at radius 1 is 1.26 bits per heavy atom. The van der Waals surface area contributed by atoms with Crippen LogP contribution in [0.1, 0.15) is 10.4 Å². The van der Waals surface area contributed by atoms with Crippen molar-refractivity contribution in [2.75, 3.05) is 7.11 Å². The minimum Gasteiger partial charge on any atom is -0.465 e. The summed E-state index contributed by atoms with van der Waals surface area (Å²) in [5, 5.41) is 1.54. The molecule has 96 valence electrons. The number of esters is 1. The van der Waals surface area contributed by atoms with Crippen LogP contribution in [-0.2, 0) is 11.8 Å². The summed E-state index contributed by atoms with van der Waals surface area (Å²) in [5.41, 5.74) is 1.74. The molecule has 5 nitrogen and oxygen atoms in total. The number of aromatic nitrogens is 2. The summed E-state index contributed by atoms with van der Waals surface area (Å²) in [5.74, 6) is -0.422. The lowest BCUT2D eigenvalue weighted by Crippen LogP contribution is -2.07. The van der Waals surface area contributed by atoms with Gasteiger partial charge in [0.05, 0.1) is 29.1 Å². The highest BCUT2D eigenvalue weighted by atomic mass is 16.5. The number of nitrogens with one attached hydrogen (secondary N) is 1. The van der Waals surface area contributed by atoms with Crippen molar-refractivity contribution in [1.29, 1.82) is 0 Å². The maximum Gasteiger partial charge on any atom is 0.337 e. The number of carbonyl (C=O) groups excluding carboxylic acids is 1. The van der Waals surface area contributed by atoms with Gasteiger partial charge in [0.2, 0.25) is 0 Å². The molecule has 0 atom stereocenters. The third-order valence-electron chi connectivity index (χ3n) is 3.26. The van der Waals surface area contributed by atoms with Crippen molar-refractivity contribution >= 4 is 27.8 Å². The molecule has 0 bridgehead atoms. The van der Waals surface area contributed by atoms with Crippen molar-refractivity contribution in [3.63, 3.8) is 0 Å². The first-order valence-corrected chi connectivity index (χ1v) is 5.81. The first-order chi connectivity index (χ1) is 9.11. The van der Waals surface area contributed by atoms with Crippen molar-refractivity contribution in [2.24, 2.45) is 7.05 Å². The van der Waals surface area contributed by atoms with Crippen molar-refractivity contribution in [3.8, 4) is 0 Å². The van der Waals surface area contributed by atoms with E-state index in [0.29, 0.717) is 16.5 Å². The van der Waals surface area contributed by atoms with Gasteiger partial charge in [-0.2, -0.15) is 0 Å². The Balaban J connectivity index is 2.42. The van der Waals surface area contributed by atoms with Crippen LogP contribution >= 0.6 is 0 Å². The molecule has 0 saturated carbocycles. The molecule has 1 aromatic carbocycles. The van der Waals surface area contributed by atoms with Crippen LogP contribution in [0.3, 0.4) is 0 Å². The molecular formula is C14H12N2O3. The second-order valence-corrected chi connectivity index (χ2v) is 4.39. The largest absolute Gasteiger partial charge is 0.465 e. The summed E-state index contributed by atoms with van der Waals surface area (Å²) in [6, 6.07) is 6.93. The normalized spacial score (nSPS) is 11.1. The number of fused-ring (bicyclic) bond motifs is 3. The Morgan fingerprint density at radius 2 is 2.05 bits per heavy atom. The summed E-state index contributed by atoms with van der Waals surface area (Å²) in [4.78, 5) is 26.3. The fraction of sp³-hybridized carbons (Fsp3) is 0.143. The zero-order valence-electron chi connectivity index (χ0n) is 10.6. The molecule has 0 amide bonds. The van der Waals surface area contributed by atoms with E-state index in [4.69, 9.17) is 0 Å². The molecule has 1 N–H and O–H groups in total. The van der Waals surface area contributed by atoms with E-state index in [0.717, 1.165) is 10.9 Å². The summed E-state index contributed by atoms with van der Waals surface area (Å²) >= 11 is 0. The summed E-state index contributed by atoms with van der Waals surface area (Å²) < 4.78 is 6.57. The summed E-state index contributed by atoms with van der Waals surface area (Å²) in [6.07, 6.45) is 1.84. The summed E-state index contributed by atoms with van der Waals surface area (Å²) in [6.45, 7) is 0. The van der Waals surface area contributed by atoms with Gasteiger partial charge in [0.1, 0.15) is 0 Å². The monoisotopic (exact) mass is 256 g/mol. The quantitative estimate of drug-likeness (QED) is 0.675. The lowest BCUT2D eigenvalue weighted by Gasteiger charge is -2.05. The van der Waals surface area contributed by atoms with Gasteiger partial charge in [-0.15, -0.1) is 0 Å². The molecular weight excluding hydrogens is 244 g/mol. The van der Waals surface area contributed by atoms with E-state index in [1.807, 2.05) is 23.9 Å². The molecule has 2 aromatic heterocycles. The van der Waals surface area contributed by atoms with Crippen LogP contribution in [0.25, 0.3) is 21.8 Å².